The summed E-state index contributed by atoms with van der Waals surface area (Å²) in [5.41, 5.74) is 3.57. The van der Waals surface area contributed by atoms with Gasteiger partial charge < -0.3 is 14.6 Å². The van der Waals surface area contributed by atoms with Gasteiger partial charge in [0.2, 0.25) is 5.91 Å². The summed E-state index contributed by atoms with van der Waals surface area (Å²) in [6.45, 7) is 3.08. The molecule has 0 unspecified atom stereocenters. The zero-order chi connectivity index (χ0) is 18.3. The summed E-state index contributed by atoms with van der Waals surface area (Å²) in [7, 11) is 3.61. The van der Waals surface area contributed by atoms with Gasteiger partial charge >= 0.3 is 0 Å². The predicted molar refractivity (Wildman–Crippen MR) is 108 cm³/mol. The molecule has 0 atom stereocenters. The number of hydrogen-bond acceptors (Lipinski definition) is 4. The maximum absolute atomic E-state index is 12.4. The zero-order valence-corrected chi connectivity index (χ0v) is 16.9. The average Bonchev–Trinajstić information content (AvgIpc) is 3.42. The van der Waals surface area contributed by atoms with Gasteiger partial charge in [0, 0.05) is 51.0 Å². The van der Waals surface area contributed by atoms with E-state index in [9.17, 15) is 9.90 Å². The van der Waals surface area contributed by atoms with Gasteiger partial charge in [0.1, 0.15) is 12.2 Å². The number of halogens is 1. The fourth-order valence-electron chi connectivity index (χ4n) is 3.99. The molecule has 0 bridgehead atoms. The van der Waals surface area contributed by atoms with Gasteiger partial charge in [-0.25, -0.2) is 4.98 Å². The number of hydrogen-bond donors (Lipinski definition) is 1. The fraction of sp³-hybridized carbons (Fsp3) is 0.600. The summed E-state index contributed by atoms with van der Waals surface area (Å²) in [4.78, 5) is 21.1. The molecular weight excluding hydrogens is 364 g/mol. The Labute approximate surface area is 166 Å². The van der Waals surface area contributed by atoms with Gasteiger partial charge in [0.15, 0.2) is 0 Å². The Hall–Kier alpha value is -1.63. The molecular formula is C20H29ClN4O2. The maximum atomic E-state index is 12.4. The van der Waals surface area contributed by atoms with E-state index in [2.05, 4.69) is 20.5 Å². The highest BCUT2D eigenvalue weighted by atomic mass is 35.5. The smallest absolute Gasteiger partial charge is 0.242 e. The molecule has 6 nitrogen and oxygen atoms in total. The predicted octanol–water partition coefficient (Wildman–Crippen LogP) is 2.38. The third kappa shape index (κ3) is 4.13. The lowest BCUT2D eigenvalue weighted by atomic mass is 10.0. The number of aromatic nitrogens is 2. The molecule has 0 radical (unpaired) electrons. The normalized spacial score (nSPS) is 18.5. The van der Waals surface area contributed by atoms with E-state index < -0.39 is 0 Å². The van der Waals surface area contributed by atoms with Crippen molar-refractivity contribution in [3.63, 3.8) is 0 Å². The van der Waals surface area contributed by atoms with Crippen molar-refractivity contribution in [3.8, 4) is 0 Å². The van der Waals surface area contributed by atoms with Crippen LogP contribution in [0.25, 0.3) is 11.0 Å². The molecule has 2 aliphatic rings. The maximum Gasteiger partial charge on any atom is 0.242 e. The van der Waals surface area contributed by atoms with Crippen molar-refractivity contribution in [1.29, 1.82) is 0 Å². The van der Waals surface area contributed by atoms with Crippen LogP contribution in [0.5, 0.6) is 0 Å². The minimum atomic E-state index is -0.158. The first-order chi connectivity index (χ1) is 12.5. The first-order valence-electron chi connectivity index (χ1n) is 9.61. The Bertz CT molecular complexity index is 808. The van der Waals surface area contributed by atoms with Crippen molar-refractivity contribution in [2.45, 2.75) is 50.8 Å². The second kappa shape index (κ2) is 8.17. The molecule has 1 saturated carbocycles. The molecule has 4 rings (SSSR count). The molecule has 2 fully saturated rings. The molecule has 2 aromatic heterocycles. The molecule has 0 aromatic carbocycles. The van der Waals surface area contributed by atoms with Crippen molar-refractivity contribution in [3.05, 3.63) is 29.6 Å². The first-order valence-corrected chi connectivity index (χ1v) is 9.61. The van der Waals surface area contributed by atoms with Gasteiger partial charge in [-0.1, -0.05) is 0 Å². The van der Waals surface area contributed by atoms with Crippen LogP contribution in [-0.2, 0) is 17.9 Å². The summed E-state index contributed by atoms with van der Waals surface area (Å²) >= 11 is 0. The van der Waals surface area contributed by atoms with Crippen LogP contribution in [0.15, 0.2) is 18.3 Å². The van der Waals surface area contributed by atoms with Crippen LogP contribution in [0.3, 0.4) is 0 Å². The Morgan fingerprint density at radius 3 is 2.59 bits per heavy atom. The Kier molecular flexibility index (Phi) is 6.08. The van der Waals surface area contributed by atoms with Gasteiger partial charge in [0.25, 0.3) is 0 Å². The Morgan fingerprint density at radius 2 is 1.96 bits per heavy atom. The molecule has 0 spiro atoms. The molecule has 3 heterocycles. The van der Waals surface area contributed by atoms with Crippen LogP contribution < -0.4 is 0 Å². The van der Waals surface area contributed by atoms with E-state index in [1.165, 1.54) is 29.5 Å². The number of nitrogens with zero attached hydrogens (tertiary/aromatic N) is 4. The summed E-state index contributed by atoms with van der Waals surface area (Å²) in [5, 5.41) is 11.0. The van der Waals surface area contributed by atoms with Crippen molar-refractivity contribution in [2.75, 3.05) is 27.2 Å². The topological polar surface area (TPSA) is 61.6 Å². The van der Waals surface area contributed by atoms with E-state index in [0.29, 0.717) is 12.5 Å². The van der Waals surface area contributed by atoms with Gasteiger partial charge in [-0.15, -0.1) is 12.4 Å². The number of carbonyl (C=O) groups is 1. The summed E-state index contributed by atoms with van der Waals surface area (Å²) in [6, 6.07) is 4.12. The lowest BCUT2D eigenvalue weighted by Crippen LogP contribution is -2.35. The molecule has 1 aliphatic carbocycles. The summed E-state index contributed by atoms with van der Waals surface area (Å²) in [5.74, 6) is 0.645. The molecule has 148 valence electrons. The fourth-order valence-corrected chi connectivity index (χ4v) is 3.99. The van der Waals surface area contributed by atoms with E-state index in [-0.39, 0.29) is 24.4 Å². The number of likely N-dealkylation sites (tertiary alicyclic amines) is 1. The molecule has 27 heavy (non-hydrogen) atoms. The van der Waals surface area contributed by atoms with E-state index >= 15 is 0 Å². The van der Waals surface area contributed by atoms with Crippen molar-refractivity contribution in [2.24, 2.45) is 0 Å². The van der Waals surface area contributed by atoms with Crippen LogP contribution in [0.2, 0.25) is 0 Å². The number of pyridine rings is 1. The SMILES string of the molecule is CN(C)C(=O)Cn1c(C2CC2)c(CN2CCC(O)CC2)c2cccnc21.Cl. The van der Waals surface area contributed by atoms with Gasteiger partial charge in [0.05, 0.1) is 6.10 Å². The molecule has 7 heteroatoms. The molecule has 1 N–H and O–H groups in total. The summed E-state index contributed by atoms with van der Waals surface area (Å²) in [6.07, 6.45) is 5.73. The molecule has 1 saturated heterocycles. The van der Waals surface area contributed by atoms with Gasteiger partial charge in [-0.05, 0) is 49.3 Å². The summed E-state index contributed by atoms with van der Waals surface area (Å²) < 4.78 is 2.16. The monoisotopic (exact) mass is 392 g/mol. The number of rotatable bonds is 5. The van der Waals surface area contributed by atoms with Crippen LogP contribution >= 0.6 is 12.4 Å². The highest BCUT2D eigenvalue weighted by Crippen LogP contribution is 2.45. The number of amides is 1. The van der Waals surface area contributed by atoms with Gasteiger partial charge in [-0.2, -0.15) is 0 Å². The minimum Gasteiger partial charge on any atom is -0.393 e. The van der Waals surface area contributed by atoms with E-state index in [0.717, 1.165) is 38.1 Å². The van der Waals surface area contributed by atoms with Crippen molar-refractivity contribution >= 4 is 29.3 Å². The quantitative estimate of drug-likeness (QED) is 0.848. The van der Waals surface area contributed by atoms with Crippen LogP contribution in [0, 0.1) is 0 Å². The Morgan fingerprint density at radius 1 is 1.26 bits per heavy atom. The standard InChI is InChI=1S/C20H28N4O2.ClH/c1-22(2)18(26)13-24-19(14-5-6-14)17(16-4-3-9-21-20(16)24)12-23-10-7-15(25)8-11-23;/h3-4,9,14-15,25H,5-8,10-13H2,1-2H3;1H. The second-order valence-corrected chi connectivity index (χ2v) is 7.89. The number of carbonyl (C=O) groups excluding carboxylic acids is 1. The third-order valence-electron chi connectivity index (χ3n) is 5.66. The number of aliphatic hydroxyl groups excluding tert-OH is 1. The number of aliphatic hydroxyl groups is 1. The lowest BCUT2D eigenvalue weighted by molar-refractivity contribution is -0.129. The minimum absolute atomic E-state index is 0. The van der Waals surface area contributed by atoms with E-state index in [1.807, 2.05) is 12.3 Å². The Balaban J connectivity index is 0.00000210. The first kappa shape index (κ1) is 20.1. The van der Waals surface area contributed by atoms with E-state index in [4.69, 9.17) is 0 Å². The van der Waals surface area contributed by atoms with E-state index in [1.54, 1.807) is 19.0 Å². The van der Waals surface area contributed by atoms with Crippen molar-refractivity contribution in [1.82, 2.24) is 19.4 Å². The van der Waals surface area contributed by atoms with Crippen LogP contribution in [0.1, 0.15) is 42.9 Å². The third-order valence-corrected chi connectivity index (χ3v) is 5.66. The van der Waals surface area contributed by atoms with Crippen molar-refractivity contribution < 1.29 is 9.90 Å². The molecule has 1 amide bonds. The average molecular weight is 393 g/mol. The van der Waals surface area contributed by atoms with Crippen LogP contribution in [-0.4, -0.2) is 63.7 Å². The molecule has 2 aromatic rings. The highest BCUT2D eigenvalue weighted by Gasteiger charge is 2.33. The van der Waals surface area contributed by atoms with Crippen LogP contribution in [0.4, 0.5) is 0 Å². The lowest BCUT2D eigenvalue weighted by Gasteiger charge is -2.29. The van der Waals surface area contributed by atoms with Gasteiger partial charge in [-0.3, -0.25) is 9.69 Å². The zero-order valence-electron chi connectivity index (χ0n) is 16.1. The highest BCUT2D eigenvalue weighted by molar-refractivity contribution is 5.86. The molecule has 1 aliphatic heterocycles. The number of fused-ring (bicyclic) bond motifs is 1. The second-order valence-electron chi connectivity index (χ2n) is 7.89. The number of piperidine rings is 1. The largest absolute Gasteiger partial charge is 0.393 e. The number of likely N-dealkylation sites (N-methyl/N-ethyl adjacent to an activating group) is 1.